The Hall–Kier alpha value is -1.39. The molecule has 0 aromatic heterocycles. The first kappa shape index (κ1) is 13.1. The molecule has 0 fully saturated rings. The first-order valence-electron chi connectivity index (χ1n) is 6.30. The van der Waals surface area contributed by atoms with E-state index < -0.39 is 0 Å². The van der Waals surface area contributed by atoms with Gasteiger partial charge in [-0.05, 0) is 36.6 Å². The molecule has 2 rings (SSSR count). The average Bonchev–Trinajstić information content (AvgIpc) is 2.85. The molecule has 1 unspecified atom stereocenters. The van der Waals surface area contributed by atoms with Crippen LogP contribution in [0.25, 0.3) is 0 Å². The van der Waals surface area contributed by atoms with Crippen molar-refractivity contribution in [3.05, 3.63) is 34.9 Å². The molecule has 1 atom stereocenters. The lowest BCUT2D eigenvalue weighted by atomic mass is 9.98. The van der Waals surface area contributed by atoms with E-state index in [9.17, 15) is 4.79 Å². The third kappa shape index (κ3) is 2.54. The molecule has 0 radical (unpaired) electrons. The van der Waals surface area contributed by atoms with Gasteiger partial charge in [0.15, 0.2) is 0 Å². The predicted molar refractivity (Wildman–Crippen MR) is 70.2 cm³/mol. The van der Waals surface area contributed by atoms with Gasteiger partial charge in [-0.2, -0.15) is 0 Å². The van der Waals surface area contributed by atoms with Crippen LogP contribution in [0, 0.1) is 0 Å². The fourth-order valence-corrected chi connectivity index (χ4v) is 1.94. The average molecular weight is 248 g/mol. The van der Waals surface area contributed by atoms with E-state index in [4.69, 9.17) is 10.5 Å². The second kappa shape index (κ2) is 5.08. The van der Waals surface area contributed by atoms with Gasteiger partial charge in [0, 0.05) is 17.6 Å². The Bertz CT molecular complexity index is 453. The highest BCUT2D eigenvalue weighted by Gasteiger charge is 2.23. The van der Waals surface area contributed by atoms with E-state index in [-0.39, 0.29) is 11.4 Å². The number of nitrogens with one attached hydrogen (secondary N) is 1. The molecule has 0 bridgehead atoms. The minimum absolute atomic E-state index is 0.0699. The number of ether oxygens (including phenoxy) is 1. The number of hydrogen-bond donors (Lipinski definition) is 2. The van der Waals surface area contributed by atoms with Gasteiger partial charge in [0.05, 0.1) is 13.2 Å². The van der Waals surface area contributed by atoms with E-state index >= 15 is 0 Å². The number of carbonyl (C=O) groups excluding carboxylic acids is 1. The Morgan fingerprint density at radius 3 is 2.83 bits per heavy atom. The third-order valence-corrected chi connectivity index (χ3v) is 3.63. The summed E-state index contributed by atoms with van der Waals surface area (Å²) in [7, 11) is 0. The van der Waals surface area contributed by atoms with Gasteiger partial charge in [0.25, 0.3) is 5.91 Å². The molecule has 1 aliphatic heterocycles. The van der Waals surface area contributed by atoms with Crippen LogP contribution in [-0.2, 0) is 18.0 Å². The van der Waals surface area contributed by atoms with Crippen LogP contribution in [0.15, 0.2) is 18.2 Å². The molecule has 1 aliphatic rings. The standard InChI is InChI=1S/C14H20N2O2/c1-3-14(2,9-15)16-13(17)10-4-5-11-7-18-8-12(11)6-10/h4-6H,3,7-9,15H2,1-2H3,(H,16,17). The second-order valence-electron chi connectivity index (χ2n) is 5.05. The summed E-state index contributed by atoms with van der Waals surface area (Å²) in [5, 5.41) is 3.00. The van der Waals surface area contributed by atoms with Crippen molar-refractivity contribution >= 4 is 5.91 Å². The van der Waals surface area contributed by atoms with Crippen LogP contribution >= 0.6 is 0 Å². The van der Waals surface area contributed by atoms with Crippen molar-refractivity contribution in [2.75, 3.05) is 6.54 Å². The zero-order valence-corrected chi connectivity index (χ0v) is 11.0. The van der Waals surface area contributed by atoms with Gasteiger partial charge in [-0.15, -0.1) is 0 Å². The molecule has 1 heterocycles. The zero-order chi connectivity index (χ0) is 13.2. The minimum Gasteiger partial charge on any atom is -0.372 e. The maximum Gasteiger partial charge on any atom is 0.251 e. The number of fused-ring (bicyclic) bond motifs is 1. The van der Waals surface area contributed by atoms with Gasteiger partial charge in [0.1, 0.15) is 0 Å². The van der Waals surface area contributed by atoms with Crippen LogP contribution in [0.3, 0.4) is 0 Å². The zero-order valence-electron chi connectivity index (χ0n) is 11.0. The Labute approximate surface area is 108 Å². The summed E-state index contributed by atoms with van der Waals surface area (Å²) in [4.78, 5) is 12.2. The van der Waals surface area contributed by atoms with E-state index in [2.05, 4.69) is 5.32 Å². The summed E-state index contributed by atoms with van der Waals surface area (Å²) in [6, 6.07) is 5.71. The van der Waals surface area contributed by atoms with Gasteiger partial charge in [-0.1, -0.05) is 13.0 Å². The summed E-state index contributed by atoms with van der Waals surface area (Å²) in [6.45, 7) is 5.65. The smallest absolute Gasteiger partial charge is 0.251 e. The topological polar surface area (TPSA) is 64.3 Å². The summed E-state index contributed by atoms with van der Waals surface area (Å²) in [5.74, 6) is -0.0699. The maximum atomic E-state index is 12.2. The Morgan fingerprint density at radius 2 is 2.17 bits per heavy atom. The molecule has 4 heteroatoms. The SMILES string of the molecule is CCC(C)(CN)NC(=O)c1ccc2c(c1)COC2. The lowest BCUT2D eigenvalue weighted by Crippen LogP contribution is -2.50. The molecule has 1 aromatic rings. The molecule has 0 saturated heterocycles. The number of nitrogens with two attached hydrogens (primary N) is 1. The normalized spacial score (nSPS) is 17.1. The van der Waals surface area contributed by atoms with E-state index in [1.807, 2.05) is 32.0 Å². The van der Waals surface area contributed by atoms with Crippen LogP contribution in [0.1, 0.15) is 41.8 Å². The quantitative estimate of drug-likeness (QED) is 0.850. The van der Waals surface area contributed by atoms with Gasteiger partial charge in [-0.3, -0.25) is 4.79 Å². The van der Waals surface area contributed by atoms with Gasteiger partial charge >= 0.3 is 0 Å². The van der Waals surface area contributed by atoms with Crippen LogP contribution in [0.4, 0.5) is 0 Å². The molecule has 4 nitrogen and oxygen atoms in total. The number of hydrogen-bond acceptors (Lipinski definition) is 3. The van der Waals surface area contributed by atoms with Crippen molar-refractivity contribution in [3.8, 4) is 0 Å². The number of carbonyl (C=O) groups is 1. The summed E-state index contributed by atoms with van der Waals surface area (Å²) in [5.41, 5.74) is 8.31. The molecule has 1 aromatic carbocycles. The molecule has 18 heavy (non-hydrogen) atoms. The van der Waals surface area contributed by atoms with E-state index in [0.717, 1.165) is 12.0 Å². The summed E-state index contributed by atoms with van der Waals surface area (Å²) in [6.07, 6.45) is 0.809. The van der Waals surface area contributed by atoms with Crippen molar-refractivity contribution in [3.63, 3.8) is 0 Å². The number of rotatable bonds is 4. The number of benzene rings is 1. The van der Waals surface area contributed by atoms with Crippen molar-refractivity contribution in [1.82, 2.24) is 5.32 Å². The molecule has 1 amide bonds. The fraction of sp³-hybridized carbons (Fsp3) is 0.500. The Balaban J connectivity index is 2.14. The summed E-state index contributed by atoms with van der Waals surface area (Å²) >= 11 is 0. The van der Waals surface area contributed by atoms with Crippen LogP contribution < -0.4 is 11.1 Å². The summed E-state index contributed by atoms with van der Waals surface area (Å²) < 4.78 is 5.34. The largest absolute Gasteiger partial charge is 0.372 e. The monoisotopic (exact) mass is 248 g/mol. The number of amides is 1. The molecule has 0 spiro atoms. The lowest BCUT2D eigenvalue weighted by Gasteiger charge is -2.28. The van der Waals surface area contributed by atoms with Crippen LogP contribution in [0.5, 0.6) is 0 Å². The second-order valence-corrected chi connectivity index (χ2v) is 5.05. The first-order valence-corrected chi connectivity index (χ1v) is 6.30. The van der Waals surface area contributed by atoms with Gasteiger partial charge in [0.2, 0.25) is 0 Å². The highest BCUT2D eigenvalue weighted by molar-refractivity contribution is 5.95. The van der Waals surface area contributed by atoms with Crippen molar-refractivity contribution in [2.24, 2.45) is 5.73 Å². The minimum atomic E-state index is -0.341. The van der Waals surface area contributed by atoms with Gasteiger partial charge < -0.3 is 15.8 Å². The van der Waals surface area contributed by atoms with E-state index in [1.54, 1.807) is 0 Å². The fourth-order valence-electron chi connectivity index (χ4n) is 1.94. The van der Waals surface area contributed by atoms with Crippen LogP contribution in [-0.4, -0.2) is 18.0 Å². The predicted octanol–water partition coefficient (Wildman–Crippen LogP) is 1.57. The lowest BCUT2D eigenvalue weighted by molar-refractivity contribution is 0.0906. The van der Waals surface area contributed by atoms with Crippen molar-refractivity contribution < 1.29 is 9.53 Å². The van der Waals surface area contributed by atoms with Gasteiger partial charge in [-0.25, -0.2) is 0 Å². The molecular formula is C14H20N2O2. The molecule has 3 N–H and O–H groups in total. The maximum absolute atomic E-state index is 12.2. The third-order valence-electron chi connectivity index (χ3n) is 3.63. The molecule has 0 saturated carbocycles. The van der Waals surface area contributed by atoms with E-state index in [0.29, 0.717) is 25.3 Å². The highest BCUT2D eigenvalue weighted by Crippen LogP contribution is 2.21. The highest BCUT2D eigenvalue weighted by atomic mass is 16.5. The molecule has 98 valence electrons. The Morgan fingerprint density at radius 1 is 1.44 bits per heavy atom. The first-order chi connectivity index (χ1) is 8.58. The molecular weight excluding hydrogens is 228 g/mol. The molecule has 0 aliphatic carbocycles. The Kier molecular flexibility index (Phi) is 3.68. The van der Waals surface area contributed by atoms with Crippen molar-refractivity contribution in [2.45, 2.75) is 39.0 Å². The van der Waals surface area contributed by atoms with Crippen molar-refractivity contribution in [1.29, 1.82) is 0 Å². The van der Waals surface area contributed by atoms with Crippen LogP contribution in [0.2, 0.25) is 0 Å². The van der Waals surface area contributed by atoms with E-state index in [1.165, 1.54) is 5.56 Å².